The maximum absolute atomic E-state index is 13.1. The molecule has 3 rings (SSSR count). The van der Waals surface area contributed by atoms with E-state index in [1.807, 2.05) is 80.6 Å². The van der Waals surface area contributed by atoms with Gasteiger partial charge in [-0.15, -0.1) is 0 Å². The van der Waals surface area contributed by atoms with E-state index in [1.54, 1.807) is 11.8 Å². The minimum absolute atomic E-state index is 0.00608. The number of carbonyl (C=O) groups excluding carboxylic acids is 2. The predicted molar refractivity (Wildman–Crippen MR) is 127 cm³/mol. The molecule has 5 nitrogen and oxygen atoms in total. The number of rotatable bonds is 8. The number of ether oxygens (including phenoxy) is 1. The van der Waals surface area contributed by atoms with Crippen LogP contribution in [0.3, 0.4) is 0 Å². The summed E-state index contributed by atoms with van der Waals surface area (Å²) in [5, 5.41) is 4.98. The van der Waals surface area contributed by atoms with Gasteiger partial charge in [-0.3, -0.25) is 9.59 Å². The van der Waals surface area contributed by atoms with Gasteiger partial charge in [-0.05, 0) is 59.1 Å². The summed E-state index contributed by atoms with van der Waals surface area (Å²) in [5.74, 6) is 0.146. The van der Waals surface area contributed by atoms with Gasteiger partial charge in [0.25, 0.3) is 5.91 Å². The van der Waals surface area contributed by atoms with E-state index in [2.05, 4.69) is 21.2 Å². The lowest BCUT2D eigenvalue weighted by Crippen LogP contribution is -2.50. The summed E-state index contributed by atoms with van der Waals surface area (Å²) in [6.45, 7) is 5.70. The van der Waals surface area contributed by atoms with E-state index < -0.39 is 6.04 Å². The fourth-order valence-corrected chi connectivity index (χ4v) is 3.92. The third-order valence-electron chi connectivity index (χ3n) is 4.97. The van der Waals surface area contributed by atoms with E-state index in [-0.39, 0.29) is 24.5 Å². The van der Waals surface area contributed by atoms with Crippen molar-refractivity contribution >= 4 is 38.5 Å². The number of amides is 2. The van der Waals surface area contributed by atoms with Crippen LogP contribution in [0.4, 0.5) is 0 Å². The van der Waals surface area contributed by atoms with Crippen LogP contribution < -0.4 is 10.1 Å². The molecule has 2 amide bonds. The number of hydrogen-bond donors (Lipinski definition) is 1. The number of carbonyl (C=O) groups is 2. The van der Waals surface area contributed by atoms with Crippen LogP contribution in [0.5, 0.6) is 5.75 Å². The summed E-state index contributed by atoms with van der Waals surface area (Å²) in [7, 11) is 0. The summed E-state index contributed by atoms with van der Waals surface area (Å²) >= 11 is 3.59. The Hall–Kier alpha value is -2.86. The average molecular weight is 483 g/mol. The second-order valence-corrected chi connectivity index (χ2v) is 8.53. The molecule has 0 radical (unpaired) electrons. The van der Waals surface area contributed by atoms with E-state index in [1.165, 1.54) is 0 Å². The van der Waals surface area contributed by atoms with E-state index in [9.17, 15) is 9.59 Å². The number of hydrogen-bond acceptors (Lipinski definition) is 3. The molecule has 0 saturated carbocycles. The monoisotopic (exact) mass is 482 g/mol. The molecule has 0 aromatic heterocycles. The molecule has 1 N–H and O–H groups in total. The molecule has 1 unspecified atom stereocenters. The van der Waals surface area contributed by atoms with Crippen molar-refractivity contribution in [3.63, 3.8) is 0 Å². The zero-order valence-corrected chi connectivity index (χ0v) is 19.6. The first-order valence-corrected chi connectivity index (χ1v) is 11.1. The molecule has 0 bridgehead atoms. The van der Waals surface area contributed by atoms with Gasteiger partial charge < -0.3 is 15.0 Å². The molecule has 0 fully saturated rings. The van der Waals surface area contributed by atoms with Crippen LogP contribution in [0.1, 0.15) is 26.3 Å². The van der Waals surface area contributed by atoms with Gasteiger partial charge in [0, 0.05) is 12.6 Å². The fourth-order valence-electron chi connectivity index (χ4n) is 3.32. The number of benzene rings is 3. The number of fused-ring (bicyclic) bond motifs is 1. The van der Waals surface area contributed by atoms with E-state index >= 15 is 0 Å². The first-order chi connectivity index (χ1) is 14.9. The smallest absolute Gasteiger partial charge is 0.261 e. The Balaban J connectivity index is 1.77. The van der Waals surface area contributed by atoms with E-state index in [0.717, 1.165) is 20.8 Å². The summed E-state index contributed by atoms with van der Waals surface area (Å²) in [4.78, 5) is 27.3. The Morgan fingerprint density at radius 1 is 0.968 bits per heavy atom. The summed E-state index contributed by atoms with van der Waals surface area (Å²) in [5.41, 5.74) is 0.951. The summed E-state index contributed by atoms with van der Waals surface area (Å²) in [6.07, 6.45) is 0. The Labute approximate surface area is 191 Å². The highest BCUT2D eigenvalue weighted by atomic mass is 79.9. The van der Waals surface area contributed by atoms with Crippen LogP contribution in [-0.2, 0) is 16.1 Å². The van der Waals surface area contributed by atoms with Crippen molar-refractivity contribution in [2.75, 3.05) is 6.61 Å². The van der Waals surface area contributed by atoms with Crippen molar-refractivity contribution in [1.82, 2.24) is 10.2 Å². The van der Waals surface area contributed by atoms with E-state index in [0.29, 0.717) is 12.3 Å². The molecular weight excluding hydrogens is 456 g/mol. The molecular formula is C25H27BrN2O3. The van der Waals surface area contributed by atoms with Crippen LogP contribution in [0.2, 0.25) is 0 Å². The van der Waals surface area contributed by atoms with Gasteiger partial charge in [0.2, 0.25) is 5.91 Å². The lowest BCUT2D eigenvalue weighted by molar-refractivity contribution is -0.142. The first kappa shape index (κ1) is 22.8. The van der Waals surface area contributed by atoms with Crippen LogP contribution in [0.15, 0.2) is 71.2 Å². The van der Waals surface area contributed by atoms with Crippen molar-refractivity contribution in [2.24, 2.45) is 0 Å². The molecule has 6 heteroatoms. The van der Waals surface area contributed by atoms with Gasteiger partial charge in [0.15, 0.2) is 6.61 Å². The standard InChI is InChI=1S/C25H27BrN2O3/c1-17(2)27-25(30)18(3)28(15-19-9-5-4-6-10-19)23(29)16-31-22-14-13-20-11-7-8-12-21(20)24(22)26/h4-14,17-18H,15-16H2,1-3H3,(H,27,30). The van der Waals surface area contributed by atoms with Crippen LogP contribution in [-0.4, -0.2) is 35.4 Å². The van der Waals surface area contributed by atoms with Crippen molar-refractivity contribution in [1.29, 1.82) is 0 Å². The van der Waals surface area contributed by atoms with Crippen molar-refractivity contribution in [2.45, 2.75) is 39.4 Å². The van der Waals surface area contributed by atoms with Crippen LogP contribution in [0.25, 0.3) is 10.8 Å². The first-order valence-electron chi connectivity index (χ1n) is 10.3. The Morgan fingerprint density at radius 2 is 1.65 bits per heavy atom. The largest absolute Gasteiger partial charge is 0.483 e. The Bertz CT molecular complexity index is 1050. The third-order valence-corrected chi connectivity index (χ3v) is 5.79. The molecule has 3 aromatic carbocycles. The predicted octanol–water partition coefficient (Wildman–Crippen LogP) is 4.92. The minimum Gasteiger partial charge on any atom is -0.483 e. The fraction of sp³-hybridized carbons (Fsp3) is 0.280. The Kier molecular flexibility index (Phi) is 7.69. The summed E-state index contributed by atoms with van der Waals surface area (Å²) < 4.78 is 6.67. The van der Waals surface area contributed by atoms with Crippen LogP contribution >= 0.6 is 15.9 Å². The highest BCUT2D eigenvalue weighted by Crippen LogP contribution is 2.33. The molecule has 0 aliphatic carbocycles. The lowest BCUT2D eigenvalue weighted by Gasteiger charge is -2.29. The van der Waals surface area contributed by atoms with Gasteiger partial charge in [-0.2, -0.15) is 0 Å². The maximum Gasteiger partial charge on any atom is 0.261 e. The Morgan fingerprint density at radius 3 is 2.35 bits per heavy atom. The zero-order valence-electron chi connectivity index (χ0n) is 18.0. The second-order valence-electron chi connectivity index (χ2n) is 7.73. The summed E-state index contributed by atoms with van der Waals surface area (Å²) in [6, 6.07) is 20.7. The highest BCUT2D eigenvalue weighted by molar-refractivity contribution is 9.10. The SMILES string of the molecule is CC(C)NC(=O)C(C)N(Cc1ccccc1)C(=O)COc1ccc2ccccc2c1Br. The van der Waals surface area contributed by atoms with Gasteiger partial charge >= 0.3 is 0 Å². The number of nitrogens with one attached hydrogen (secondary N) is 1. The average Bonchev–Trinajstić information content (AvgIpc) is 2.77. The van der Waals surface area contributed by atoms with Crippen molar-refractivity contribution < 1.29 is 14.3 Å². The molecule has 3 aromatic rings. The molecule has 0 saturated heterocycles. The minimum atomic E-state index is -0.626. The van der Waals surface area contributed by atoms with Gasteiger partial charge in [-0.1, -0.05) is 60.7 Å². The molecule has 0 heterocycles. The molecule has 0 aliphatic rings. The van der Waals surface area contributed by atoms with Crippen molar-refractivity contribution in [3.05, 3.63) is 76.8 Å². The van der Waals surface area contributed by atoms with Gasteiger partial charge in [0.05, 0.1) is 4.47 Å². The number of nitrogens with zero attached hydrogens (tertiary/aromatic N) is 1. The molecule has 31 heavy (non-hydrogen) atoms. The quantitative estimate of drug-likeness (QED) is 0.495. The molecule has 162 valence electrons. The molecule has 0 aliphatic heterocycles. The van der Waals surface area contributed by atoms with E-state index in [4.69, 9.17) is 4.74 Å². The highest BCUT2D eigenvalue weighted by Gasteiger charge is 2.27. The second kappa shape index (κ2) is 10.4. The topological polar surface area (TPSA) is 58.6 Å². The molecule has 0 spiro atoms. The van der Waals surface area contributed by atoms with Gasteiger partial charge in [-0.25, -0.2) is 0 Å². The number of halogens is 1. The maximum atomic E-state index is 13.1. The normalized spacial score (nSPS) is 11.9. The molecule has 1 atom stereocenters. The third kappa shape index (κ3) is 5.85. The van der Waals surface area contributed by atoms with Crippen LogP contribution in [0, 0.1) is 0 Å². The lowest BCUT2D eigenvalue weighted by atomic mass is 10.1. The zero-order chi connectivity index (χ0) is 22.4. The van der Waals surface area contributed by atoms with Crippen molar-refractivity contribution in [3.8, 4) is 5.75 Å². The van der Waals surface area contributed by atoms with Gasteiger partial charge in [0.1, 0.15) is 11.8 Å².